The Hall–Kier alpha value is -2.08. The molecule has 0 spiro atoms. The zero-order chi connectivity index (χ0) is 18.5. The van der Waals surface area contributed by atoms with Gasteiger partial charge in [0.2, 0.25) is 18.2 Å². The molecule has 2 fully saturated rings. The maximum atomic E-state index is 12.7. The van der Waals surface area contributed by atoms with Crippen LogP contribution < -0.4 is 5.32 Å². The largest absolute Gasteiger partial charge is 0.342 e. The molecule has 2 aliphatic rings. The van der Waals surface area contributed by atoms with Crippen molar-refractivity contribution in [1.29, 1.82) is 0 Å². The van der Waals surface area contributed by atoms with Gasteiger partial charge in [-0.2, -0.15) is 0 Å². The second-order valence-corrected chi connectivity index (χ2v) is 7.45. The van der Waals surface area contributed by atoms with Crippen molar-refractivity contribution in [3.63, 3.8) is 0 Å². The number of benzene rings is 1. The van der Waals surface area contributed by atoms with E-state index in [0.717, 1.165) is 32.1 Å². The minimum Gasteiger partial charge on any atom is -0.342 e. The van der Waals surface area contributed by atoms with Crippen LogP contribution in [0.5, 0.6) is 0 Å². The molecule has 1 aromatic carbocycles. The van der Waals surface area contributed by atoms with Crippen LogP contribution in [-0.2, 0) is 14.4 Å². The molecule has 1 saturated heterocycles. The third kappa shape index (κ3) is 4.55. The Morgan fingerprint density at radius 1 is 1.04 bits per heavy atom. The first kappa shape index (κ1) is 18.7. The molecule has 1 heterocycles. The van der Waals surface area contributed by atoms with Gasteiger partial charge in [-0.25, -0.2) is 0 Å². The van der Waals surface area contributed by atoms with E-state index in [1.807, 2.05) is 11.0 Å². The van der Waals surface area contributed by atoms with Crippen LogP contribution in [0, 0.1) is 11.8 Å². The molecule has 3 rings (SSSR count). The van der Waals surface area contributed by atoms with Gasteiger partial charge in [0.05, 0.1) is 0 Å². The summed E-state index contributed by atoms with van der Waals surface area (Å²) in [7, 11) is 0. The van der Waals surface area contributed by atoms with Gasteiger partial charge >= 0.3 is 0 Å². The highest BCUT2D eigenvalue weighted by Crippen LogP contribution is 2.31. The quantitative estimate of drug-likeness (QED) is 0.819. The molecule has 7 heteroatoms. The molecule has 26 heavy (non-hydrogen) atoms. The topological polar surface area (TPSA) is 69.7 Å². The highest BCUT2D eigenvalue weighted by atomic mass is 35.5. The Morgan fingerprint density at radius 2 is 1.69 bits per heavy atom. The van der Waals surface area contributed by atoms with E-state index < -0.39 is 0 Å². The predicted octanol–water partition coefficient (Wildman–Crippen LogP) is 2.39. The number of amides is 3. The minimum atomic E-state index is -0.0649. The molecule has 1 N–H and O–H groups in total. The summed E-state index contributed by atoms with van der Waals surface area (Å²) in [4.78, 5) is 39.4. The number of piperazine rings is 1. The molecule has 0 aromatic heterocycles. The predicted molar refractivity (Wildman–Crippen MR) is 99.7 cm³/mol. The standard InChI is InChI=1S/C19H24ClN3O3/c20-16-2-1-3-17(12-16)21-18(25)14-4-6-15(7-5-14)19(26)23-10-8-22(13-24)9-11-23/h1-3,12-15H,4-11H2,(H,21,25). The first-order valence-electron chi connectivity index (χ1n) is 9.11. The number of hydrogen-bond acceptors (Lipinski definition) is 3. The average molecular weight is 378 g/mol. The van der Waals surface area contributed by atoms with Crippen molar-refractivity contribution in [2.24, 2.45) is 11.8 Å². The first-order chi connectivity index (χ1) is 12.6. The van der Waals surface area contributed by atoms with E-state index in [0.29, 0.717) is 36.9 Å². The summed E-state index contributed by atoms with van der Waals surface area (Å²) in [6, 6.07) is 7.12. The Balaban J connectivity index is 1.47. The van der Waals surface area contributed by atoms with Crippen molar-refractivity contribution in [3.8, 4) is 0 Å². The summed E-state index contributed by atoms with van der Waals surface area (Å²) in [5.41, 5.74) is 0.703. The lowest BCUT2D eigenvalue weighted by Crippen LogP contribution is -2.50. The van der Waals surface area contributed by atoms with Gasteiger partial charge in [0.1, 0.15) is 0 Å². The van der Waals surface area contributed by atoms with E-state index in [2.05, 4.69) is 5.32 Å². The molecule has 1 saturated carbocycles. The minimum absolute atomic E-state index is 0.00207. The number of hydrogen-bond donors (Lipinski definition) is 1. The second kappa shape index (κ2) is 8.54. The van der Waals surface area contributed by atoms with Crippen molar-refractivity contribution in [3.05, 3.63) is 29.3 Å². The van der Waals surface area contributed by atoms with Crippen molar-refractivity contribution >= 4 is 35.5 Å². The number of nitrogens with one attached hydrogen (secondary N) is 1. The van der Waals surface area contributed by atoms with Crippen LogP contribution in [0.4, 0.5) is 5.69 Å². The van der Waals surface area contributed by atoms with Crippen molar-refractivity contribution < 1.29 is 14.4 Å². The van der Waals surface area contributed by atoms with Gasteiger partial charge in [-0.05, 0) is 43.9 Å². The molecule has 0 radical (unpaired) electrons. The number of carbonyl (C=O) groups is 3. The van der Waals surface area contributed by atoms with E-state index >= 15 is 0 Å². The van der Waals surface area contributed by atoms with Gasteiger partial charge in [0, 0.05) is 48.7 Å². The number of carbonyl (C=O) groups excluding carboxylic acids is 3. The Labute approximate surface area is 158 Å². The van der Waals surface area contributed by atoms with Crippen LogP contribution in [0.15, 0.2) is 24.3 Å². The molecule has 1 aromatic rings. The number of halogens is 1. The summed E-state index contributed by atoms with van der Waals surface area (Å²) in [5.74, 6) is 0.0972. The molecule has 0 unspecified atom stereocenters. The summed E-state index contributed by atoms with van der Waals surface area (Å²) >= 11 is 5.94. The smallest absolute Gasteiger partial charge is 0.227 e. The summed E-state index contributed by atoms with van der Waals surface area (Å²) in [6.45, 7) is 2.42. The molecule has 3 amide bonds. The molecule has 0 atom stereocenters. The number of rotatable bonds is 4. The van der Waals surface area contributed by atoms with Crippen LogP contribution in [0.25, 0.3) is 0 Å². The molecule has 6 nitrogen and oxygen atoms in total. The zero-order valence-electron chi connectivity index (χ0n) is 14.7. The molecule has 0 bridgehead atoms. The number of anilines is 1. The highest BCUT2D eigenvalue weighted by Gasteiger charge is 2.33. The second-order valence-electron chi connectivity index (χ2n) is 7.01. The SMILES string of the molecule is O=CN1CCN(C(=O)C2CCC(C(=O)Nc3cccc(Cl)c3)CC2)CC1. The van der Waals surface area contributed by atoms with Crippen LogP contribution in [0.1, 0.15) is 25.7 Å². The lowest BCUT2D eigenvalue weighted by Gasteiger charge is -2.36. The molecule has 1 aliphatic carbocycles. The monoisotopic (exact) mass is 377 g/mol. The maximum Gasteiger partial charge on any atom is 0.227 e. The molecular formula is C19H24ClN3O3. The van der Waals surface area contributed by atoms with Gasteiger partial charge in [0.15, 0.2) is 0 Å². The van der Waals surface area contributed by atoms with Crippen LogP contribution in [0.2, 0.25) is 5.02 Å². The lowest BCUT2D eigenvalue weighted by atomic mass is 9.80. The van der Waals surface area contributed by atoms with E-state index in [4.69, 9.17) is 11.6 Å². The third-order valence-corrected chi connectivity index (χ3v) is 5.55. The van der Waals surface area contributed by atoms with Gasteiger partial charge in [0.25, 0.3) is 0 Å². The normalized spacial score (nSPS) is 23.4. The van der Waals surface area contributed by atoms with E-state index in [-0.39, 0.29) is 23.7 Å². The van der Waals surface area contributed by atoms with Crippen molar-refractivity contribution in [2.75, 3.05) is 31.5 Å². The fourth-order valence-corrected chi connectivity index (χ4v) is 3.91. The Bertz CT molecular complexity index is 666. The average Bonchev–Trinajstić information content (AvgIpc) is 2.67. The third-order valence-electron chi connectivity index (χ3n) is 5.31. The fourth-order valence-electron chi connectivity index (χ4n) is 3.72. The summed E-state index contributed by atoms with van der Waals surface area (Å²) in [5, 5.41) is 3.50. The summed E-state index contributed by atoms with van der Waals surface area (Å²) < 4.78 is 0. The van der Waals surface area contributed by atoms with Gasteiger partial charge < -0.3 is 15.1 Å². The summed E-state index contributed by atoms with van der Waals surface area (Å²) in [6.07, 6.45) is 3.75. The van der Waals surface area contributed by atoms with Crippen LogP contribution in [0.3, 0.4) is 0 Å². The van der Waals surface area contributed by atoms with Gasteiger partial charge in [-0.3, -0.25) is 14.4 Å². The Morgan fingerprint density at radius 3 is 2.31 bits per heavy atom. The number of nitrogens with zero attached hydrogens (tertiary/aromatic N) is 2. The van der Waals surface area contributed by atoms with Gasteiger partial charge in [-0.1, -0.05) is 17.7 Å². The van der Waals surface area contributed by atoms with E-state index in [9.17, 15) is 14.4 Å². The Kier molecular flexibility index (Phi) is 6.14. The molecule has 140 valence electrons. The van der Waals surface area contributed by atoms with Crippen LogP contribution >= 0.6 is 11.6 Å². The zero-order valence-corrected chi connectivity index (χ0v) is 15.5. The maximum absolute atomic E-state index is 12.7. The molecule has 1 aliphatic heterocycles. The molecular weight excluding hydrogens is 354 g/mol. The van der Waals surface area contributed by atoms with E-state index in [1.54, 1.807) is 23.1 Å². The van der Waals surface area contributed by atoms with Crippen LogP contribution in [-0.4, -0.2) is 54.2 Å². The van der Waals surface area contributed by atoms with Gasteiger partial charge in [-0.15, -0.1) is 0 Å². The van der Waals surface area contributed by atoms with E-state index in [1.165, 1.54) is 0 Å². The lowest BCUT2D eigenvalue weighted by molar-refractivity contribution is -0.140. The van der Waals surface area contributed by atoms with Crippen molar-refractivity contribution in [2.45, 2.75) is 25.7 Å². The van der Waals surface area contributed by atoms with Crippen molar-refractivity contribution in [1.82, 2.24) is 9.80 Å². The first-order valence-corrected chi connectivity index (χ1v) is 9.49. The highest BCUT2D eigenvalue weighted by molar-refractivity contribution is 6.30. The fraction of sp³-hybridized carbons (Fsp3) is 0.526.